The number of hydrogen-bond donors (Lipinski definition) is 4. The van der Waals surface area contributed by atoms with Crippen molar-refractivity contribution in [1.29, 1.82) is 0 Å². The number of carbonyl (C=O) groups is 2. The number of nitrogens with zero attached hydrogens (tertiary/aromatic N) is 2. The summed E-state index contributed by atoms with van der Waals surface area (Å²) in [6.45, 7) is 3.10. The van der Waals surface area contributed by atoms with Crippen molar-refractivity contribution >= 4 is 35.1 Å². The van der Waals surface area contributed by atoms with E-state index in [1.165, 1.54) is 0 Å². The van der Waals surface area contributed by atoms with Crippen molar-refractivity contribution in [3.05, 3.63) is 82.0 Å². The van der Waals surface area contributed by atoms with Gasteiger partial charge in [0.25, 0.3) is 0 Å². The summed E-state index contributed by atoms with van der Waals surface area (Å²) in [7, 11) is 3.14. The number of carboxylic acid groups (broad SMARTS) is 1. The molecule has 2 atom stereocenters. The van der Waals surface area contributed by atoms with Crippen LogP contribution in [0.4, 0.5) is 0 Å². The molecule has 46 heavy (non-hydrogen) atoms. The average Bonchev–Trinajstić information content (AvgIpc) is 3.48. The Morgan fingerprint density at radius 1 is 1.02 bits per heavy atom. The number of halogens is 2. The monoisotopic (exact) mass is 663 g/mol. The lowest BCUT2D eigenvalue weighted by Gasteiger charge is -2.16. The van der Waals surface area contributed by atoms with Gasteiger partial charge in [-0.1, -0.05) is 59.6 Å². The zero-order valence-electron chi connectivity index (χ0n) is 25.7. The molecule has 0 bridgehead atoms. The Hall–Kier alpha value is -4.22. The summed E-state index contributed by atoms with van der Waals surface area (Å²) in [5, 5.41) is 19.4. The molecule has 2 unspecified atom stereocenters. The molecule has 240 valence electrons. The highest BCUT2D eigenvalue weighted by Crippen LogP contribution is 2.42. The van der Waals surface area contributed by atoms with Crippen LogP contribution in [0, 0.1) is 0 Å². The van der Waals surface area contributed by atoms with Crippen LogP contribution in [0.5, 0.6) is 11.6 Å². The molecule has 2 aromatic carbocycles. The van der Waals surface area contributed by atoms with Gasteiger partial charge < -0.3 is 30.5 Å². The molecule has 0 saturated carbocycles. The molecule has 1 aliphatic rings. The summed E-state index contributed by atoms with van der Waals surface area (Å²) >= 11 is 14.0. The molecule has 12 heteroatoms. The van der Waals surface area contributed by atoms with Crippen LogP contribution in [-0.2, 0) is 22.7 Å². The first-order valence-corrected chi connectivity index (χ1v) is 15.6. The predicted molar refractivity (Wildman–Crippen MR) is 178 cm³/mol. The zero-order valence-corrected chi connectivity index (χ0v) is 27.2. The summed E-state index contributed by atoms with van der Waals surface area (Å²) in [6, 6.07) is 16.3. The Bertz CT molecular complexity index is 1750. The van der Waals surface area contributed by atoms with Crippen LogP contribution in [-0.4, -0.2) is 59.8 Å². The number of carbonyl (C=O) groups excluding carboxylic acids is 1. The van der Waals surface area contributed by atoms with Crippen molar-refractivity contribution in [3.8, 4) is 45.3 Å². The highest BCUT2D eigenvalue weighted by molar-refractivity contribution is 6.39. The van der Waals surface area contributed by atoms with E-state index in [9.17, 15) is 14.7 Å². The Balaban J connectivity index is 1.39. The largest absolute Gasteiger partial charge is 0.496 e. The van der Waals surface area contributed by atoms with Crippen molar-refractivity contribution in [2.75, 3.05) is 20.8 Å². The van der Waals surface area contributed by atoms with E-state index in [1.54, 1.807) is 27.3 Å². The van der Waals surface area contributed by atoms with Gasteiger partial charge in [0.05, 0.1) is 35.7 Å². The molecule has 0 spiro atoms. The number of pyridine rings is 2. The van der Waals surface area contributed by atoms with Crippen molar-refractivity contribution in [2.45, 2.75) is 44.9 Å². The second-order valence-corrected chi connectivity index (χ2v) is 11.7. The Morgan fingerprint density at radius 2 is 1.78 bits per heavy atom. The third kappa shape index (κ3) is 7.42. The SMILES string of the molecule is COc1cc(-c2nccc(-c3cccc(-c4ccc(CNCC5CCC(=O)N5)c(OC)n4)c3Cl)c2Cl)ccc1CNC(C)C(=O)O. The summed E-state index contributed by atoms with van der Waals surface area (Å²) in [4.78, 5) is 32.0. The van der Waals surface area contributed by atoms with Crippen LogP contribution in [0.1, 0.15) is 30.9 Å². The smallest absolute Gasteiger partial charge is 0.320 e. The third-order valence-electron chi connectivity index (χ3n) is 7.91. The molecular weight excluding hydrogens is 629 g/mol. The molecule has 2 aromatic heterocycles. The first-order valence-electron chi connectivity index (χ1n) is 14.8. The number of nitrogens with one attached hydrogen (secondary N) is 3. The highest BCUT2D eigenvalue weighted by atomic mass is 35.5. The van der Waals surface area contributed by atoms with Gasteiger partial charge in [0.1, 0.15) is 11.8 Å². The lowest BCUT2D eigenvalue weighted by molar-refractivity contribution is -0.139. The topological polar surface area (TPSA) is 135 Å². The number of aromatic nitrogens is 2. The quantitative estimate of drug-likeness (QED) is 0.141. The lowest BCUT2D eigenvalue weighted by Crippen LogP contribution is -2.35. The number of carboxylic acids is 1. The van der Waals surface area contributed by atoms with Gasteiger partial charge >= 0.3 is 5.97 Å². The maximum absolute atomic E-state index is 11.5. The minimum Gasteiger partial charge on any atom is -0.496 e. The van der Waals surface area contributed by atoms with E-state index in [0.717, 1.165) is 23.1 Å². The predicted octanol–water partition coefficient (Wildman–Crippen LogP) is 5.73. The second-order valence-electron chi connectivity index (χ2n) is 11.0. The zero-order chi connectivity index (χ0) is 32.8. The molecule has 1 aliphatic heterocycles. The van der Waals surface area contributed by atoms with Gasteiger partial charge in [0.2, 0.25) is 11.8 Å². The minimum absolute atomic E-state index is 0.0897. The van der Waals surface area contributed by atoms with Crippen LogP contribution in [0.15, 0.2) is 60.8 Å². The fraction of sp³-hybridized carbons (Fsp3) is 0.294. The van der Waals surface area contributed by atoms with Crippen LogP contribution in [0.2, 0.25) is 10.0 Å². The van der Waals surface area contributed by atoms with Gasteiger partial charge in [-0.2, -0.15) is 0 Å². The van der Waals surface area contributed by atoms with Gasteiger partial charge in [-0.3, -0.25) is 14.6 Å². The molecule has 1 saturated heterocycles. The van der Waals surface area contributed by atoms with Crippen molar-refractivity contribution in [2.24, 2.45) is 0 Å². The number of rotatable bonds is 13. The molecular formula is C34H35Cl2N5O5. The number of methoxy groups -OCH3 is 2. The molecule has 1 fully saturated rings. The van der Waals surface area contributed by atoms with Gasteiger partial charge in [-0.15, -0.1) is 0 Å². The Kier molecular flexibility index (Phi) is 10.7. The number of aliphatic carboxylic acids is 1. The normalized spacial score (nSPS) is 15.0. The molecule has 1 amide bonds. The van der Waals surface area contributed by atoms with E-state index in [-0.39, 0.29) is 11.9 Å². The average molecular weight is 665 g/mol. The van der Waals surface area contributed by atoms with Crippen LogP contribution < -0.4 is 25.4 Å². The third-order valence-corrected chi connectivity index (χ3v) is 8.70. The molecule has 3 heterocycles. The molecule has 5 rings (SSSR count). The highest BCUT2D eigenvalue weighted by Gasteiger charge is 2.21. The Labute approximate surface area is 277 Å². The number of hydrogen-bond acceptors (Lipinski definition) is 8. The van der Waals surface area contributed by atoms with Crippen LogP contribution >= 0.6 is 23.2 Å². The van der Waals surface area contributed by atoms with Gasteiger partial charge in [0, 0.05) is 71.7 Å². The van der Waals surface area contributed by atoms with E-state index >= 15 is 0 Å². The molecule has 10 nitrogen and oxygen atoms in total. The van der Waals surface area contributed by atoms with Gasteiger partial charge in [-0.25, -0.2) is 4.98 Å². The van der Waals surface area contributed by atoms with Crippen molar-refractivity contribution in [3.63, 3.8) is 0 Å². The lowest BCUT2D eigenvalue weighted by atomic mass is 9.99. The van der Waals surface area contributed by atoms with Gasteiger partial charge in [-0.05, 0) is 31.5 Å². The number of amides is 1. The maximum atomic E-state index is 11.5. The molecule has 4 aromatic rings. The first kappa shape index (κ1) is 33.2. The van der Waals surface area contributed by atoms with E-state index < -0.39 is 12.0 Å². The fourth-order valence-corrected chi connectivity index (χ4v) is 5.97. The standard InChI is InChI=1S/C34H35Cl2N5O5/c1-19(34(43)44)39-17-21-8-7-20(15-28(21)45-2)32-31(36)25(13-14-38-32)24-5-4-6-26(30(24)35)27-11-9-22(33(41-27)46-3)16-37-18-23-10-12-29(42)40-23/h4-9,11,13-15,19,23,37,39H,10,12,16-18H2,1-3H3,(H,40,42)(H,43,44). The van der Waals surface area contributed by atoms with E-state index in [1.807, 2.05) is 54.6 Å². The maximum Gasteiger partial charge on any atom is 0.320 e. The van der Waals surface area contributed by atoms with E-state index in [0.29, 0.717) is 75.8 Å². The van der Waals surface area contributed by atoms with Crippen LogP contribution in [0.3, 0.4) is 0 Å². The summed E-state index contributed by atoms with van der Waals surface area (Å²) in [5.41, 5.74) is 5.75. The minimum atomic E-state index is -0.932. The first-order chi connectivity index (χ1) is 22.2. The summed E-state index contributed by atoms with van der Waals surface area (Å²) in [6.07, 6.45) is 3.07. The molecule has 0 radical (unpaired) electrons. The summed E-state index contributed by atoms with van der Waals surface area (Å²) in [5.74, 6) is 0.219. The van der Waals surface area contributed by atoms with Crippen molar-refractivity contribution < 1.29 is 24.2 Å². The number of ether oxygens (including phenoxy) is 2. The summed E-state index contributed by atoms with van der Waals surface area (Å²) < 4.78 is 11.2. The molecule has 4 N–H and O–H groups in total. The van der Waals surface area contributed by atoms with E-state index in [4.69, 9.17) is 37.7 Å². The van der Waals surface area contributed by atoms with E-state index in [2.05, 4.69) is 20.9 Å². The van der Waals surface area contributed by atoms with Gasteiger partial charge in [0.15, 0.2) is 0 Å². The van der Waals surface area contributed by atoms with Crippen LogP contribution in [0.25, 0.3) is 33.6 Å². The second kappa shape index (κ2) is 14.9. The molecule has 0 aliphatic carbocycles. The Morgan fingerprint density at radius 3 is 2.50 bits per heavy atom. The number of benzene rings is 2. The fourth-order valence-electron chi connectivity index (χ4n) is 5.32. The van der Waals surface area contributed by atoms with Crippen molar-refractivity contribution in [1.82, 2.24) is 25.9 Å².